The number of rotatable bonds is 8. The summed E-state index contributed by atoms with van der Waals surface area (Å²) in [5.74, 6) is 1.47. The van der Waals surface area contributed by atoms with Crippen LogP contribution in [0.2, 0.25) is 0 Å². The van der Waals surface area contributed by atoms with Crippen molar-refractivity contribution >= 4 is 17.7 Å². The molecule has 0 spiro atoms. The second-order valence-electron chi connectivity index (χ2n) is 5.60. The van der Waals surface area contributed by atoms with E-state index in [0.717, 1.165) is 11.3 Å². The summed E-state index contributed by atoms with van der Waals surface area (Å²) >= 11 is 1.46. The van der Waals surface area contributed by atoms with E-state index < -0.39 is 0 Å². The average Bonchev–Trinajstić information content (AvgIpc) is 3.32. The molecule has 0 radical (unpaired) electrons. The van der Waals surface area contributed by atoms with Crippen molar-refractivity contribution in [2.24, 2.45) is 0 Å². The van der Waals surface area contributed by atoms with E-state index in [0.29, 0.717) is 35.4 Å². The Kier molecular flexibility index (Phi) is 6.28. The van der Waals surface area contributed by atoms with Gasteiger partial charge in [-0.05, 0) is 30.7 Å². The van der Waals surface area contributed by atoms with Gasteiger partial charge >= 0.3 is 5.97 Å². The molecule has 2 heterocycles. The molecular formula is C19H18N4O3S. The van der Waals surface area contributed by atoms with Crippen molar-refractivity contribution in [1.82, 2.24) is 14.8 Å². The molecule has 3 rings (SSSR count). The summed E-state index contributed by atoms with van der Waals surface area (Å²) < 4.78 is 12.3. The summed E-state index contributed by atoms with van der Waals surface area (Å²) in [4.78, 5) is 11.9. The number of hydrogen-bond donors (Lipinski definition) is 0. The minimum Gasteiger partial charge on any atom is -0.467 e. The summed E-state index contributed by atoms with van der Waals surface area (Å²) in [7, 11) is 0. The third-order valence-corrected chi connectivity index (χ3v) is 4.81. The third-order valence-electron chi connectivity index (χ3n) is 3.79. The highest BCUT2D eigenvalue weighted by molar-refractivity contribution is 7.98. The number of ether oxygens (including phenoxy) is 1. The molecule has 3 aromatic rings. The Morgan fingerprint density at radius 2 is 2.15 bits per heavy atom. The van der Waals surface area contributed by atoms with Crippen molar-refractivity contribution < 1.29 is 13.9 Å². The number of nitrogens with zero attached hydrogens (tertiary/aromatic N) is 4. The van der Waals surface area contributed by atoms with Crippen LogP contribution in [0.15, 0.2) is 52.2 Å². The first-order chi connectivity index (χ1) is 13.2. The molecule has 0 fully saturated rings. The van der Waals surface area contributed by atoms with Crippen molar-refractivity contribution in [3.8, 4) is 6.07 Å². The Balaban J connectivity index is 1.82. The van der Waals surface area contributed by atoms with Gasteiger partial charge in [-0.3, -0.25) is 9.36 Å². The Bertz CT molecular complexity index is 944. The fourth-order valence-corrected chi connectivity index (χ4v) is 3.47. The summed E-state index contributed by atoms with van der Waals surface area (Å²) in [6.07, 6.45) is 1.64. The van der Waals surface area contributed by atoms with Gasteiger partial charge in [0.15, 0.2) is 5.16 Å². The first-order valence-corrected chi connectivity index (χ1v) is 9.40. The van der Waals surface area contributed by atoms with Gasteiger partial charge in [0.2, 0.25) is 0 Å². The normalized spacial score (nSPS) is 10.5. The first-order valence-electron chi connectivity index (χ1n) is 8.42. The fourth-order valence-electron chi connectivity index (χ4n) is 2.51. The van der Waals surface area contributed by atoms with E-state index in [1.54, 1.807) is 25.3 Å². The van der Waals surface area contributed by atoms with Gasteiger partial charge in [0.1, 0.15) is 18.0 Å². The van der Waals surface area contributed by atoms with Gasteiger partial charge in [0.05, 0.1) is 31.0 Å². The molecule has 0 aliphatic carbocycles. The Hall–Kier alpha value is -3.05. The average molecular weight is 382 g/mol. The summed E-state index contributed by atoms with van der Waals surface area (Å²) in [5, 5.41) is 18.3. The van der Waals surface area contributed by atoms with E-state index in [1.807, 2.05) is 28.8 Å². The van der Waals surface area contributed by atoms with Gasteiger partial charge in [-0.15, -0.1) is 10.2 Å². The van der Waals surface area contributed by atoms with E-state index in [-0.39, 0.29) is 12.4 Å². The molecule has 0 unspecified atom stereocenters. The zero-order chi connectivity index (χ0) is 19.1. The maximum Gasteiger partial charge on any atom is 0.313 e. The van der Waals surface area contributed by atoms with Crippen molar-refractivity contribution in [2.45, 2.75) is 30.8 Å². The molecule has 0 aliphatic rings. The molecule has 138 valence electrons. The number of furan rings is 1. The highest BCUT2D eigenvalue weighted by Gasteiger charge is 2.18. The Labute approximate surface area is 161 Å². The standard InChI is InChI=1S/C19H18N4O3S/c1-2-25-18(24)10-17-21-22-19(23(17)12-16-8-5-9-26-16)27-13-15-7-4-3-6-14(15)11-20/h3-9H,2,10,12-13H2,1H3. The molecule has 0 saturated carbocycles. The molecular weight excluding hydrogens is 364 g/mol. The smallest absolute Gasteiger partial charge is 0.313 e. The third kappa shape index (κ3) is 4.77. The molecule has 2 aromatic heterocycles. The number of hydrogen-bond acceptors (Lipinski definition) is 7. The summed E-state index contributed by atoms with van der Waals surface area (Å²) in [6.45, 7) is 2.49. The minimum absolute atomic E-state index is 0.0386. The van der Waals surface area contributed by atoms with Crippen LogP contribution in [0.25, 0.3) is 0 Å². The highest BCUT2D eigenvalue weighted by Crippen LogP contribution is 2.25. The van der Waals surface area contributed by atoms with Gasteiger partial charge < -0.3 is 9.15 Å². The van der Waals surface area contributed by atoms with E-state index in [1.165, 1.54) is 11.8 Å². The largest absolute Gasteiger partial charge is 0.467 e. The Morgan fingerprint density at radius 1 is 1.30 bits per heavy atom. The lowest BCUT2D eigenvalue weighted by molar-refractivity contribution is -0.142. The maximum absolute atomic E-state index is 11.9. The van der Waals surface area contributed by atoms with Gasteiger partial charge in [-0.1, -0.05) is 30.0 Å². The Morgan fingerprint density at radius 3 is 2.89 bits per heavy atom. The van der Waals surface area contributed by atoms with Crippen LogP contribution >= 0.6 is 11.8 Å². The number of benzene rings is 1. The fraction of sp³-hybridized carbons (Fsp3) is 0.263. The molecule has 0 amide bonds. The second-order valence-corrected chi connectivity index (χ2v) is 6.55. The number of aromatic nitrogens is 3. The highest BCUT2D eigenvalue weighted by atomic mass is 32.2. The number of esters is 1. The lowest BCUT2D eigenvalue weighted by atomic mass is 10.1. The number of carbonyl (C=O) groups is 1. The predicted molar refractivity (Wildman–Crippen MR) is 98.9 cm³/mol. The SMILES string of the molecule is CCOC(=O)Cc1nnc(SCc2ccccc2C#N)n1Cc1ccco1. The van der Waals surface area contributed by atoms with E-state index >= 15 is 0 Å². The van der Waals surface area contributed by atoms with Gasteiger partial charge in [-0.2, -0.15) is 5.26 Å². The molecule has 0 atom stereocenters. The lowest BCUT2D eigenvalue weighted by Crippen LogP contribution is -2.14. The van der Waals surface area contributed by atoms with Crippen LogP contribution in [0.4, 0.5) is 0 Å². The van der Waals surface area contributed by atoms with Gasteiger partial charge in [0, 0.05) is 5.75 Å². The zero-order valence-corrected chi connectivity index (χ0v) is 15.6. The van der Waals surface area contributed by atoms with Crippen LogP contribution < -0.4 is 0 Å². The van der Waals surface area contributed by atoms with Gasteiger partial charge in [-0.25, -0.2) is 0 Å². The zero-order valence-electron chi connectivity index (χ0n) is 14.8. The molecule has 0 aliphatic heterocycles. The van der Waals surface area contributed by atoms with Crippen molar-refractivity contribution in [1.29, 1.82) is 5.26 Å². The van der Waals surface area contributed by atoms with E-state index in [2.05, 4.69) is 16.3 Å². The first kappa shape index (κ1) is 18.7. The maximum atomic E-state index is 11.9. The van der Waals surface area contributed by atoms with Crippen molar-refractivity contribution in [3.63, 3.8) is 0 Å². The molecule has 0 N–H and O–H groups in total. The van der Waals surface area contributed by atoms with Crippen LogP contribution in [-0.2, 0) is 28.2 Å². The molecule has 7 nitrogen and oxygen atoms in total. The quantitative estimate of drug-likeness (QED) is 0.436. The number of thioether (sulfide) groups is 1. The second kappa shape index (κ2) is 9.05. The minimum atomic E-state index is -0.350. The molecule has 0 bridgehead atoms. The number of carbonyl (C=O) groups excluding carboxylic acids is 1. The van der Waals surface area contributed by atoms with Crippen molar-refractivity contribution in [2.75, 3.05) is 6.61 Å². The number of nitriles is 1. The van der Waals surface area contributed by atoms with Crippen LogP contribution in [0.3, 0.4) is 0 Å². The van der Waals surface area contributed by atoms with Crippen LogP contribution in [-0.4, -0.2) is 27.3 Å². The van der Waals surface area contributed by atoms with Crippen LogP contribution in [0, 0.1) is 11.3 Å². The van der Waals surface area contributed by atoms with E-state index in [4.69, 9.17) is 9.15 Å². The topological polar surface area (TPSA) is 93.9 Å². The lowest BCUT2D eigenvalue weighted by Gasteiger charge is -2.09. The summed E-state index contributed by atoms with van der Waals surface area (Å²) in [6, 6.07) is 13.3. The molecule has 1 aromatic carbocycles. The monoisotopic (exact) mass is 382 g/mol. The molecule has 8 heteroatoms. The van der Waals surface area contributed by atoms with Crippen LogP contribution in [0.5, 0.6) is 0 Å². The molecule has 0 saturated heterocycles. The predicted octanol–water partition coefficient (Wildman–Crippen LogP) is 3.19. The van der Waals surface area contributed by atoms with E-state index in [9.17, 15) is 10.1 Å². The van der Waals surface area contributed by atoms with Crippen LogP contribution in [0.1, 0.15) is 29.6 Å². The van der Waals surface area contributed by atoms with Gasteiger partial charge in [0.25, 0.3) is 0 Å². The molecule has 27 heavy (non-hydrogen) atoms. The summed E-state index contributed by atoms with van der Waals surface area (Å²) in [5.41, 5.74) is 1.55. The van der Waals surface area contributed by atoms with Crippen molar-refractivity contribution in [3.05, 3.63) is 65.4 Å².